The van der Waals surface area contributed by atoms with Crippen molar-refractivity contribution in [2.75, 3.05) is 25.1 Å². The Bertz CT molecular complexity index is 967. The monoisotopic (exact) mass is 394 g/mol. The summed E-state index contributed by atoms with van der Waals surface area (Å²) in [5.74, 6) is 1.82. The van der Waals surface area contributed by atoms with Gasteiger partial charge in [-0.05, 0) is 66.3 Å². The van der Waals surface area contributed by atoms with E-state index in [4.69, 9.17) is 4.74 Å². The molecule has 0 N–H and O–H groups in total. The van der Waals surface area contributed by atoms with Crippen LogP contribution in [0.5, 0.6) is 5.75 Å². The molecule has 150 valence electrons. The lowest BCUT2D eigenvalue weighted by Crippen LogP contribution is -2.42. The molecule has 6 heteroatoms. The molecular formula is C23H23FN2O3. The number of fused-ring (bicyclic) bond motifs is 2. The Hall–Kier alpha value is -2.89. The van der Waals surface area contributed by atoms with Gasteiger partial charge in [-0.15, -0.1) is 0 Å². The minimum absolute atomic E-state index is 0.0971. The van der Waals surface area contributed by atoms with Gasteiger partial charge >= 0.3 is 0 Å². The molecule has 0 radical (unpaired) electrons. The third kappa shape index (κ3) is 3.37. The van der Waals surface area contributed by atoms with Crippen LogP contribution in [0.3, 0.4) is 0 Å². The third-order valence-electron chi connectivity index (χ3n) is 6.37. The molecule has 0 bridgehead atoms. The maximum absolute atomic E-state index is 13.2. The predicted molar refractivity (Wildman–Crippen MR) is 106 cm³/mol. The Balaban J connectivity index is 1.43. The molecule has 2 unspecified atom stereocenters. The minimum atomic E-state index is -0.367. The van der Waals surface area contributed by atoms with Gasteiger partial charge in [-0.2, -0.15) is 0 Å². The van der Waals surface area contributed by atoms with E-state index in [-0.39, 0.29) is 24.1 Å². The molecule has 3 aliphatic rings. The summed E-state index contributed by atoms with van der Waals surface area (Å²) in [6, 6.07) is 11.8. The smallest absolute Gasteiger partial charge is 0.224 e. The van der Waals surface area contributed by atoms with E-state index in [1.807, 2.05) is 28.0 Å². The number of ether oxygens (including phenoxy) is 1. The molecule has 5 nitrogen and oxygen atoms in total. The second-order valence-electron chi connectivity index (χ2n) is 8.17. The predicted octanol–water partition coefficient (Wildman–Crippen LogP) is 3.27. The highest BCUT2D eigenvalue weighted by Gasteiger charge is 2.67. The number of carbonyl (C=O) groups is 2. The molecule has 0 spiro atoms. The van der Waals surface area contributed by atoms with Crippen molar-refractivity contribution in [3.63, 3.8) is 0 Å². The van der Waals surface area contributed by atoms with Gasteiger partial charge in [0.2, 0.25) is 5.91 Å². The third-order valence-corrected chi connectivity index (χ3v) is 6.37. The first-order chi connectivity index (χ1) is 14.0. The van der Waals surface area contributed by atoms with E-state index in [0.717, 1.165) is 17.0 Å². The molecule has 5 rings (SSSR count). The number of amides is 1. The van der Waals surface area contributed by atoms with Crippen LogP contribution in [0.15, 0.2) is 42.5 Å². The summed E-state index contributed by atoms with van der Waals surface area (Å²) < 4.78 is 18.6. The molecule has 0 saturated heterocycles. The number of hydrogen-bond donors (Lipinski definition) is 0. The number of benzene rings is 2. The number of carbonyl (C=O) groups excluding carboxylic acids is 2. The lowest BCUT2D eigenvalue weighted by Gasteiger charge is -2.34. The fourth-order valence-corrected chi connectivity index (χ4v) is 4.43. The van der Waals surface area contributed by atoms with E-state index in [9.17, 15) is 14.0 Å². The van der Waals surface area contributed by atoms with Crippen LogP contribution >= 0.6 is 0 Å². The van der Waals surface area contributed by atoms with Gasteiger partial charge in [0, 0.05) is 36.8 Å². The average Bonchev–Trinajstić information content (AvgIpc) is 3.62. The lowest BCUT2D eigenvalue weighted by molar-refractivity contribution is -0.133. The number of halogens is 1. The van der Waals surface area contributed by atoms with Crippen LogP contribution in [0.2, 0.25) is 0 Å². The van der Waals surface area contributed by atoms with Gasteiger partial charge in [0.05, 0.1) is 13.7 Å². The molecule has 1 heterocycles. The molecule has 1 amide bonds. The Kier molecular flexibility index (Phi) is 4.30. The molecule has 2 fully saturated rings. The van der Waals surface area contributed by atoms with Gasteiger partial charge in [-0.1, -0.05) is 0 Å². The number of nitrogens with zero attached hydrogens (tertiary/aromatic N) is 2. The van der Waals surface area contributed by atoms with Gasteiger partial charge in [0.1, 0.15) is 11.6 Å². The van der Waals surface area contributed by atoms with E-state index >= 15 is 0 Å². The standard InChI is InChI=1S/C23H23FN2O3/c1-29-17-6-7-20-15(10-17)12-26(23-18-11-19(18)23)22(28)8-9-25(20)13-21(27)14-2-4-16(24)5-3-14/h2-7,10,18-19,23H,8-9,11-13H2,1H3. The van der Waals surface area contributed by atoms with Gasteiger partial charge in [0.15, 0.2) is 5.78 Å². The highest BCUT2D eigenvalue weighted by Crippen LogP contribution is 2.65. The quantitative estimate of drug-likeness (QED) is 0.731. The summed E-state index contributed by atoms with van der Waals surface area (Å²) in [6.07, 6.45) is 1.63. The molecule has 0 aromatic heterocycles. The zero-order valence-corrected chi connectivity index (χ0v) is 16.3. The Morgan fingerprint density at radius 3 is 2.59 bits per heavy atom. The first-order valence-electron chi connectivity index (χ1n) is 10.1. The van der Waals surface area contributed by atoms with E-state index < -0.39 is 0 Å². The van der Waals surface area contributed by atoms with Crippen molar-refractivity contribution < 1.29 is 18.7 Å². The fourth-order valence-electron chi connectivity index (χ4n) is 4.43. The number of hydrogen-bond acceptors (Lipinski definition) is 4. The van der Waals surface area contributed by atoms with Gasteiger partial charge in [-0.3, -0.25) is 9.59 Å². The summed E-state index contributed by atoms with van der Waals surface area (Å²) in [4.78, 5) is 29.6. The van der Waals surface area contributed by atoms with Crippen LogP contribution in [0.4, 0.5) is 10.1 Å². The van der Waals surface area contributed by atoms with E-state index in [2.05, 4.69) is 0 Å². The Morgan fingerprint density at radius 2 is 1.93 bits per heavy atom. The van der Waals surface area contributed by atoms with Gasteiger partial charge in [0.25, 0.3) is 0 Å². The largest absolute Gasteiger partial charge is 0.497 e. The van der Waals surface area contributed by atoms with Crippen molar-refractivity contribution in [2.45, 2.75) is 25.4 Å². The van der Waals surface area contributed by atoms with Crippen molar-refractivity contribution in [3.8, 4) is 5.75 Å². The molecule has 2 atom stereocenters. The van der Waals surface area contributed by atoms with Crippen LogP contribution < -0.4 is 9.64 Å². The average molecular weight is 394 g/mol. The van der Waals surface area contributed by atoms with Crippen LogP contribution in [0.1, 0.15) is 28.8 Å². The van der Waals surface area contributed by atoms with Crippen molar-refractivity contribution in [1.82, 2.24) is 4.90 Å². The molecule has 2 saturated carbocycles. The Labute approximate surface area is 169 Å². The fraction of sp³-hybridized carbons (Fsp3) is 0.391. The highest BCUT2D eigenvalue weighted by atomic mass is 19.1. The SMILES string of the molecule is COc1ccc2c(c1)CN(C1C3CC31)C(=O)CCN2CC(=O)c1ccc(F)cc1. The summed E-state index contributed by atoms with van der Waals surface area (Å²) in [6.45, 7) is 1.17. The van der Waals surface area contributed by atoms with Crippen LogP contribution in [-0.4, -0.2) is 42.8 Å². The molecule has 2 aliphatic carbocycles. The first kappa shape index (κ1) is 18.2. The van der Waals surface area contributed by atoms with E-state index in [1.54, 1.807) is 7.11 Å². The normalized spacial score (nSPS) is 24.9. The highest BCUT2D eigenvalue weighted by molar-refractivity contribution is 5.99. The van der Waals surface area contributed by atoms with E-state index in [0.29, 0.717) is 43.0 Å². The molecule has 1 aliphatic heterocycles. The molecule has 2 aromatic carbocycles. The van der Waals surface area contributed by atoms with Crippen molar-refractivity contribution >= 4 is 17.4 Å². The molecule has 29 heavy (non-hydrogen) atoms. The second-order valence-corrected chi connectivity index (χ2v) is 8.17. The van der Waals surface area contributed by atoms with Crippen molar-refractivity contribution in [2.24, 2.45) is 11.8 Å². The minimum Gasteiger partial charge on any atom is -0.497 e. The first-order valence-corrected chi connectivity index (χ1v) is 10.1. The van der Waals surface area contributed by atoms with Crippen molar-refractivity contribution in [1.29, 1.82) is 0 Å². The zero-order chi connectivity index (χ0) is 20.1. The number of ketones is 1. The summed E-state index contributed by atoms with van der Waals surface area (Å²) in [5.41, 5.74) is 2.42. The number of Topliss-reactive ketones (excluding diaryl/α,β-unsaturated/α-hetero) is 1. The number of anilines is 1. The van der Waals surface area contributed by atoms with Crippen LogP contribution in [0.25, 0.3) is 0 Å². The maximum Gasteiger partial charge on any atom is 0.224 e. The maximum atomic E-state index is 13.2. The summed E-state index contributed by atoms with van der Waals surface area (Å²) in [5, 5.41) is 0. The number of methoxy groups -OCH3 is 1. The Morgan fingerprint density at radius 1 is 1.17 bits per heavy atom. The van der Waals surface area contributed by atoms with Crippen molar-refractivity contribution in [3.05, 3.63) is 59.4 Å². The van der Waals surface area contributed by atoms with Gasteiger partial charge in [-0.25, -0.2) is 4.39 Å². The van der Waals surface area contributed by atoms with Gasteiger partial charge < -0.3 is 14.5 Å². The molecule has 2 aromatic rings. The number of rotatable bonds is 5. The molecular weight excluding hydrogens is 371 g/mol. The summed E-state index contributed by atoms with van der Waals surface area (Å²) >= 11 is 0. The topological polar surface area (TPSA) is 49.9 Å². The van der Waals surface area contributed by atoms with E-state index in [1.165, 1.54) is 30.7 Å². The summed E-state index contributed by atoms with van der Waals surface area (Å²) in [7, 11) is 1.62. The van der Waals surface area contributed by atoms with Crippen LogP contribution in [-0.2, 0) is 11.3 Å². The van der Waals surface area contributed by atoms with Crippen LogP contribution in [0, 0.1) is 17.7 Å². The zero-order valence-electron chi connectivity index (χ0n) is 16.3. The lowest BCUT2D eigenvalue weighted by atomic mass is 10.0. The second kappa shape index (κ2) is 6.87.